The molecule has 2 aromatic heterocycles. The van der Waals surface area contributed by atoms with Gasteiger partial charge in [-0.25, -0.2) is 4.98 Å². The number of para-hydroxylation sites is 1. The Kier molecular flexibility index (Phi) is 4.41. The highest BCUT2D eigenvalue weighted by Gasteiger charge is 2.16. The number of nitrogens with one attached hydrogen (secondary N) is 1. The van der Waals surface area contributed by atoms with E-state index in [1.165, 1.54) is 10.9 Å². The lowest BCUT2D eigenvalue weighted by Crippen LogP contribution is -2.33. The van der Waals surface area contributed by atoms with Gasteiger partial charge in [0.05, 0.1) is 12.4 Å². The van der Waals surface area contributed by atoms with Crippen LogP contribution in [0.4, 0.5) is 0 Å². The predicted octanol–water partition coefficient (Wildman–Crippen LogP) is 3.67. The van der Waals surface area contributed by atoms with Crippen LogP contribution in [0.25, 0.3) is 22.1 Å². The summed E-state index contributed by atoms with van der Waals surface area (Å²) in [6, 6.07) is 14.3. The van der Waals surface area contributed by atoms with Gasteiger partial charge in [-0.1, -0.05) is 35.9 Å². The minimum atomic E-state index is -0.387. The van der Waals surface area contributed by atoms with Gasteiger partial charge < -0.3 is 9.73 Å². The second kappa shape index (κ2) is 6.89. The lowest BCUT2D eigenvalue weighted by atomic mass is 10.1. The summed E-state index contributed by atoms with van der Waals surface area (Å²) >= 11 is 5.99. The molecular weight excluding hydrogens is 366 g/mol. The number of nitrogens with zero attached hydrogens (tertiary/aromatic N) is 2. The van der Waals surface area contributed by atoms with Crippen LogP contribution in [0.1, 0.15) is 18.5 Å². The van der Waals surface area contributed by atoms with E-state index in [1.54, 1.807) is 18.2 Å². The molecule has 6 nitrogen and oxygen atoms in total. The molecule has 4 rings (SSSR count). The monoisotopic (exact) mass is 381 g/mol. The zero-order valence-electron chi connectivity index (χ0n) is 14.5. The van der Waals surface area contributed by atoms with Crippen LogP contribution in [0, 0.1) is 0 Å². The van der Waals surface area contributed by atoms with Gasteiger partial charge in [0.1, 0.15) is 17.6 Å². The fourth-order valence-electron chi connectivity index (χ4n) is 3.03. The van der Waals surface area contributed by atoms with Gasteiger partial charge in [0, 0.05) is 10.4 Å². The van der Waals surface area contributed by atoms with E-state index in [1.807, 2.05) is 37.3 Å². The van der Waals surface area contributed by atoms with Gasteiger partial charge in [-0.2, -0.15) is 0 Å². The summed E-state index contributed by atoms with van der Waals surface area (Å²) in [5, 5.41) is 4.23. The van der Waals surface area contributed by atoms with E-state index in [4.69, 9.17) is 16.0 Å². The molecule has 0 aliphatic heterocycles. The maximum absolute atomic E-state index is 12.7. The number of hydrogen-bond acceptors (Lipinski definition) is 4. The van der Waals surface area contributed by atoms with Gasteiger partial charge in [-0.3, -0.25) is 14.2 Å². The number of rotatable bonds is 4. The molecule has 2 aromatic carbocycles. The second-order valence-electron chi connectivity index (χ2n) is 6.30. The SMILES string of the molecule is C[C@H](NC(=O)Cn1cnc2c(oc3ccccc32)c1=O)c1cccc(Cl)c1. The molecule has 0 fully saturated rings. The molecule has 0 unspecified atom stereocenters. The first-order valence-electron chi connectivity index (χ1n) is 8.44. The van der Waals surface area contributed by atoms with Crippen molar-refractivity contribution in [2.24, 2.45) is 0 Å². The van der Waals surface area contributed by atoms with Crippen LogP contribution in [0.3, 0.4) is 0 Å². The number of amides is 1. The van der Waals surface area contributed by atoms with Gasteiger partial charge in [0.2, 0.25) is 11.5 Å². The van der Waals surface area contributed by atoms with E-state index in [2.05, 4.69) is 10.3 Å². The standard InChI is InChI=1S/C20H16ClN3O3/c1-12(13-5-4-6-14(21)9-13)23-17(25)10-24-11-22-18-15-7-2-3-8-16(15)27-19(18)20(24)26/h2-9,11-12H,10H2,1H3,(H,23,25)/t12-/m0/s1. The van der Waals surface area contributed by atoms with Crippen molar-refractivity contribution in [2.75, 3.05) is 0 Å². The van der Waals surface area contributed by atoms with Crippen molar-refractivity contribution < 1.29 is 9.21 Å². The summed E-state index contributed by atoms with van der Waals surface area (Å²) in [5.74, 6) is -0.304. The summed E-state index contributed by atoms with van der Waals surface area (Å²) in [5.41, 5.74) is 1.73. The van der Waals surface area contributed by atoms with E-state index in [-0.39, 0.29) is 29.6 Å². The zero-order chi connectivity index (χ0) is 19.0. The molecule has 136 valence electrons. The molecule has 2 heterocycles. The summed E-state index contributed by atoms with van der Waals surface area (Å²) in [4.78, 5) is 29.3. The molecule has 0 aliphatic carbocycles. The van der Waals surface area contributed by atoms with Gasteiger partial charge in [0.15, 0.2) is 0 Å². The largest absolute Gasteiger partial charge is 0.448 e. The average molecular weight is 382 g/mol. The number of benzene rings is 2. The number of fused-ring (bicyclic) bond motifs is 3. The molecule has 0 radical (unpaired) electrons. The van der Waals surface area contributed by atoms with Crippen molar-refractivity contribution in [3.63, 3.8) is 0 Å². The van der Waals surface area contributed by atoms with Crippen molar-refractivity contribution >= 4 is 39.6 Å². The number of furan rings is 1. The molecule has 0 bridgehead atoms. The molecule has 0 saturated carbocycles. The van der Waals surface area contributed by atoms with Gasteiger partial charge in [-0.05, 0) is 36.8 Å². The highest BCUT2D eigenvalue weighted by atomic mass is 35.5. The normalized spacial score (nSPS) is 12.4. The van der Waals surface area contributed by atoms with Crippen molar-refractivity contribution in [1.29, 1.82) is 0 Å². The third kappa shape index (κ3) is 3.31. The Morgan fingerprint density at radius 1 is 1.26 bits per heavy atom. The Hall–Kier alpha value is -3.12. The fraction of sp³-hybridized carbons (Fsp3) is 0.150. The van der Waals surface area contributed by atoms with Gasteiger partial charge >= 0.3 is 0 Å². The van der Waals surface area contributed by atoms with Crippen LogP contribution < -0.4 is 10.9 Å². The van der Waals surface area contributed by atoms with E-state index >= 15 is 0 Å². The molecule has 1 N–H and O–H groups in total. The highest BCUT2D eigenvalue weighted by Crippen LogP contribution is 2.24. The van der Waals surface area contributed by atoms with E-state index < -0.39 is 0 Å². The van der Waals surface area contributed by atoms with Crippen molar-refractivity contribution in [3.8, 4) is 0 Å². The first kappa shape index (κ1) is 17.3. The quantitative estimate of drug-likeness (QED) is 0.585. The molecule has 0 saturated heterocycles. The minimum Gasteiger partial charge on any atom is -0.448 e. The average Bonchev–Trinajstić information content (AvgIpc) is 3.03. The smallest absolute Gasteiger partial charge is 0.297 e. The fourth-order valence-corrected chi connectivity index (χ4v) is 3.23. The predicted molar refractivity (Wildman–Crippen MR) is 104 cm³/mol. The molecular formula is C20H16ClN3O3. The number of hydrogen-bond donors (Lipinski definition) is 1. The molecule has 1 amide bonds. The number of halogens is 1. The van der Waals surface area contributed by atoms with Crippen LogP contribution in [-0.2, 0) is 11.3 Å². The lowest BCUT2D eigenvalue weighted by molar-refractivity contribution is -0.122. The lowest BCUT2D eigenvalue weighted by Gasteiger charge is -2.15. The topological polar surface area (TPSA) is 77.1 Å². The first-order chi connectivity index (χ1) is 13.0. The summed E-state index contributed by atoms with van der Waals surface area (Å²) in [7, 11) is 0. The van der Waals surface area contributed by atoms with Crippen LogP contribution in [0.15, 0.2) is 64.1 Å². The maximum atomic E-state index is 12.7. The van der Waals surface area contributed by atoms with Crippen LogP contribution in [0.5, 0.6) is 0 Å². The third-order valence-corrected chi connectivity index (χ3v) is 4.63. The van der Waals surface area contributed by atoms with Crippen molar-refractivity contribution in [2.45, 2.75) is 19.5 Å². The van der Waals surface area contributed by atoms with E-state index in [9.17, 15) is 9.59 Å². The zero-order valence-corrected chi connectivity index (χ0v) is 15.2. The van der Waals surface area contributed by atoms with Crippen LogP contribution in [-0.4, -0.2) is 15.5 Å². The minimum absolute atomic E-state index is 0.148. The van der Waals surface area contributed by atoms with E-state index in [0.717, 1.165) is 10.9 Å². The number of carbonyl (C=O) groups excluding carboxylic acids is 1. The summed E-state index contributed by atoms with van der Waals surface area (Å²) in [6.07, 6.45) is 1.37. The van der Waals surface area contributed by atoms with Gasteiger partial charge in [0.25, 0.3) is 5.56 Å². The molecule has 0 spiro atoms. The number of carbonyl (C=O) groups is 1. The summed E-state index contributed by atoms with van der Waals surface area (Å²) < 4.78 is 6.87. The van der Waals surface area contributed by atoms with Crippen LogP contribution in [0.2, 0.25) is 5.02 Å². The van der Waals surface area contributed by atoms with Crippen LogP contribution >= 0.6 is 11.6 Å². The Labute approximate surface area is 159 Å². The number of aromatic nitrogens is 2. The maximum Gasteiger partial charge on any atom is 0.297 e. The molecule has 7 heteroatoms. The summed E-state index contributed by atoms with van der Waals surface area (Å²) in [6.45, 7) is 1.71. The Morgan fingerprint density at radius 3 is 2.89 bits per heavy atom. The Balaban J connectivity index is 1.58. The Morgan fingerprint density at radius 2 is 2.07 bits per heavy atom. The first-order valence-corrected chi connectivity index (χ1v) is 8.82. The molecule has 4 aromatic rings. The van der Waals surface area contributed by atoms with E-state index in [0.29, 0.717) is 16.1 Å². The Bertz CT molecular complexity index is 1210. The third-order valence-electron chi connectivity index (χ3n) is 4.39. The second-order valence-corrected chi connectivity index (χ2v) is 6.73. The molecule has 1 atom stereocenters. The highest BCUT2D eigenvalue weighted by molar-refractivity contribution is 6.30. The van der Waals surface area contributed by atoms with Crippen molar-refractivity contribution in [1.82, 2.24) is 14.9 Å². The molecule has 27 heavy (non-hydrogen) atoms. The van der Waals surface area contributed by atoms with Gasteiger partial charge in [-0.15, -0.1) is 0 Å². The molecule has 0 aliphatic rings. The van der Waals surface area contributed by atoms with Crippen molar-refractivity contribution in [3.05, 3.63) is 75.8 Å².